The first-order valence-electron chi connectivity index (χ1n) is 3.73. The number of anilines is 1. The van der Waals surface area contributed by atoms with Gasteiger partial charge in [0.15, 0.2) is 0 Å². The van der Waals surface area contributed by atoms with Crippen molar-refractivity contribution in [2.45, 2.75) is 0 Å². The molecule has 0 atom stereocenters. The number of alkyl halides is 1. The van der Waals surface area contributed by atoms with Crippen LogP contribution in [-0.4, -0.2) is 11.2 Å². The van der Waals surface area contributed by atoms with Crippen LogP contribution in [0.1, 0.15) is 5.56 Å². The van der Waals surface area contributed by atoms with Crippen molar-refractivity contribution in [1.29, 1.82) is 5.26 Å². The van der Waals surface area contributed by atoms with E-state index < -0.39 is 0 Å². The lowest BCUT2D eigenvalue weighted by Gasteiger charge is -2.05. The van der Waals surface area contributed by atoms with E-state index in [1.54, 1.807) is 18.2 Å². The molecular formula is C9H6BrClN2O. The van der Waals surface area contributed by atoms with Gasteiger partial charge in [0.2, 0.25) is 5.91 Å². The summed E-state index contributed by atoms with van der Waals surface area (Å²) in [5.74, 6) is -0.219. The van der Waals surface area contributed by atoms with Gasteiger partial charge >= 0.3 is 0 Å². The topological polar surface area (TPSA) is 52.9 Å². The summed E-state index contributed by atoms with van der Waals surface area (Å²) < 4.78 is 0. The van der Waals surface area contributed by atoms with Crippen LogP contribution in [0.25, 0.3) is 0 Å². The number of hydrogen-bond acceptors (Lipinski definition) is 2. The number of hydrogen-bond donors (Lipinski definition) is 1. The van der Waals surface area contributed by atoms with E-state index in [0.29, 0.717) is 16.3 Å². The number of nitriles is 1. The summed E-state index contributed by atoms with van der Waals surface area (Å²) in [6.45, 7) is 0. The Bertz CT molecular complexity index is 400. The van der Waals surface area contributed by atoms with Crippen LogP contribution in [0, 0.1) is 11.3 Å². The molecule has 1 aromatic carbocycles. The summed E-state index contributed by atoms with van der Waals surface area (Å²) >= 11 is 8.74. The molecule has 1 rings (SSSR count). The number of halogens is 2. The Kier molecular flexibility index (Phi) is 3.93. The number of carbonyl (C=O) groups excluding carboxylic acids is 1. The molecule has 14 heavy (non-hydrogen) atoms. The molecule has 1 N–H and O–H groups in total. The van der Waals surface area contributed by atoms with E-state index in [4.69, 9.17) is 16.9 Å². The smallest absolute Gasteiger partial charge is 0.235 e. The van der Waals surface area contributed by atoms with E-state index in [9.17, 15) is 4.79 Å². The number of nitrogens with zero attached hydrogens (tertiary/aromatic N) is 1. The third kappa shape index (κ3) is 2.72. The van der Waals surface area contributed by atoms with Crippen LogP contribution >= 0.6 is 27.5 Å². The molecule has 5 heteroatoms. The Morgan fingerprint density at radius 1 is 1.64 bits per heavy atom. The van der Waals surface area contributed by atoms with Crippen molar-refractivity contribution in [2.75, 3.05) is 10.6 Å². The van der Waals surface area contributed by atoms with Gasteiger partial charge in [0.05, 0.1) is 16.6 Å². The Morgan fingerprint density at radius 2 is 2.36 bits per heavy atom. The first kappa shape index (κ1) is 11.0. The zero-order chi connectivity index (χ0) is 10.6. The molecule has 0 spiro atoms. The number of carbonyl (C=O) groups is 1. The zero-order valence-corrected chi connectivity index (χ0v) is 9.39. The molecule has 3 nitrogen and oxygen atoms in total. The summed E-state index contributed by atoms with van der Waals surface area (Å²) in [6, 6.07) is 6.67. The summed E-state index contributed by atoms with van der Waals surface area (Å²) in [4.78, 5) is 11.1. The fraction of sp³-hybridized carbons (Fsp3) is 0.111. The first-order chi connectivity index (χ1) is 6.67. The average molecular weight is 274 g/mol. The van der Waals surface area contributed by atoms with E-state index in [-0.39, 0.29) is 11.2 Å². The van der Waals surface area contributed by atoms with E-state index in [2.05, 4.69) is 21.2 Å². The van der Waals surface area contributed by atoms with Crippen molar-refractivity contribution in [3.05, 3.63) is 28.8 Å². The Labute approximate surface area is 94.8 Å². The quantitative estimate of drug-likeness (QED) is 0.842. The van der Waals surface area contributed by atoms with Crippen molar-refractivity contribution < 1.29 is 4.79 Å². The monoisotopic (exact) mass is 272 g/mol. The minimum Gasteiger partial charge on any atom is -0.324 e. The highest BCUT2D eigenvalue weighted by atomic mass is 79.9. The molecule has 72 valence electrons. The van der Waals surface area contributed by atoms with E-state index in [0.717, 1.165) is 0 Å². The van der Waals surface area contributed by atoms with Crippen molar-refractivity contribution >= 4 is 39.1 Å². The van der Waals surface area contributed by atoms with E-state index >= 15 is 0 Å². The first-order valence-corrected chi connectivity index (χ1v) is 5.22. The van der Waals surface area contributed by atoms with Gasteiger partial charge in [0, 0.05) is 5.02 Å². The van der Waals surface area contributed by atoms with Crippen LogP contribution in [0.3, 0.4) is 0 Å². The fourth-order valence-electron chi connectivity index (χ4n) is 0.901. The van der Waals surface area contributed by atoms with Gasteiger partial charge in [-0.3, -0.25) is 4.79 Å². The number of amides is 1. The lowest BCUT2D eigenvalue weighted by atomic mass is 10.2. The molecule has 0 aromatic heterocycles. The summed E-state index contributed by atoms with van der Waals surface area (Å²) in [6.07, 6.45) is 0. The highest BCUT2D eigenvalue weighted by Gasteiger charge is 2.05. The van der Waals surface area contributed by atoms with Crippen molar-refractivity contribution in [1.82, 2.24) is 0 Å². The Morgan fingerprint density at radius 3 is 2.93 bits per heavy atom. The van der Waals surface area contributed by atoms with Crippen LogP contribution in [0.4, 0.5) is 5.69 Å². The average Bonchev–Trinajstić information content (AvgIpc) is 2.18. The van der Waals surface area contributed by atoms with E-state index in [1.165, 1.54) is 0 Å². The van der Waals surface area contributed by atoms with Gasteiger partial charge in [-0.15, -0.1) is 0 Å². The van der Waals surface area contributed by atoms with Crippen molar-refractivity contribution in [3.63, 3.8) is 0 Å². The second-order valence-corrected chi connectivity index (χ2v) is 3.48. The van der Waals surface area contributed by atoms with Gasteiger partial charge in [-0.25, -0.2) is 0 Å². The molecule has 0 aliphatic heterocycles. The maximum Gasteiger partial charge on any atom is 0.235 e. The second-order valence-electron chi connectivity index (χ2n) is 2.48. The molecule has 0 aliphatic rings. The molecule has 0 aliphatic carbocycles. The molecule has 0 radical (unpaired) electrons. The van der Waals surface area contributed by atoms with Gasteiger partial charge in [0.25, 0.3) is 0 Å². The second kappa shape index (κ2) is 4.99. The summed E-state index contributed by atoms with van der Waals surface area (Å²) in [5.41, 5.74) is 0.827. The van der Waals surface area contributed by atoms with Crippen LogP contribution in [-0.2, 0) is 4.79 Å². The molecule has 1 amide bonds. The molecule has 0 fully saturated rings. The van der Waals surface area contributed by atoms with Crippen LogP contribution < -0.4 is 5.32 Å². The largest absolute Gasteiger partial charge is 0.324 e. The van der Waals surface area contributed by atoms with Crippen molar-refractivity contribution in [3.8, 4) is 6.07 Å². The van der Waals surface area contributed by atoms with Crippen LogP contribution in [0.15, 0.2) is 18.2 Å². The Balaban J connectivity index is 3.00. The maximum absolute atomic E-state index is 11.1. The molecule has 0 unspecified atom stereocenters. The van der Waals surface area contributed by atoms with Crippen LogP contribution in [0.5, 0.6) is 0 Å². The predicted molar refractivity (Wildman–Crippen MR) is 58.6 cm³/mol. The summed E-state index contributed by atoms with van der Waals surface area (Å²) in [5, 5.41) is 12.0. The standard InChI is InChI=1S/C9H6BrClN2O/c10-4-9(14)13-8-3-7(11)2-1-6(8)5-12/h1-3H,4H2,(H,13,14). The lowest BCUT2D eigenvalue weighted by molar-refractivity contribution is -0.113. The zero-order valence-electron chi connectivity index (χ0n) is 7.05. The molecule has 0 heterocycles. The molecular weight excluding hydrogens is 267 g/mol. The molecule has 1 aromatic rings. The lowest BCUT2D eigenvalue weighted by Crippen LogP contribution is -2.13. The SMILES string of the molecule is N#Cc1ccc(Cl)cc1NC(=O)CBr. The third-order valence-corrected chi connectivity index (χ3v) is 2.24. The number of benzene rings is 1. The van der Waals surface area contributed by atoms with Gasteiger partial charge in [-0.2, -0.15) is 5.26 Å². The van der Waals surface area contributed by atoms with Crippen LogP contribution in [0.2, 0.25) is 5.02 Å². The number of nitrogens with one attached hydrogen (secondary N) is 1. The van der Waals surface area contributed by atoms with E-state index in [1.807, 2.05) is 6.07 Å². The van der Waals surface area contributed by atoms with Gasteiger partial charge < -0.3 is 5.32 Å². The molecule has 0 saturated carbocycles. The molecule has 0 saturated heterocycles. The summed E-state index contributed by atoms with van der Waals surface area (Å²) in [7, 11) is 0. The Hall–Kier alpha value is -1.05. The number of rotatable bonds is 2. The minimum absolute atomic E-state index is 0.185. The normalized spacial score (nSPS) is 9.21. The minimum atomic E-state index is -0.219. The predicted octanol–water partition coefficient (Wildman–Crippen LogP) is 2.55. The van der Waals surface area contributed by atoms with Gasteiger partial charge in [-0.05, 0) is 18.2 Å². The molecule has 0 bridgehead atoms. The van der Waals surface area contributed by atoms with Gasteiger partial charge in [-0.1, -0.05) is 27.5 Å². The fourth-order valence-corrected chi connectivity index (χ4v) is 1.21. The highest BCUT2D eigenvalue weighted by molar-refractivity contribution is 9.09. The van der Waals surface area contributed by atoms with Crippen molar-refractivity contribution in [2.24, 2.45) is 0 Å². The highest BCUT2D eigenvalue weighted by Crippen LogP contribution is 2.20. The maximum atomic E-state index is 11.1. The van der Waals surface area contributed by atoms with Gasteiger partial charge in [0.1, 0.15) is 6.07 Å². The third-order valence-electron chi connectivity index (χ3n) is 1.50.